The third-order valence-electron chi connectivity index (χ3n) is 4.18. The maximum atomic E-state index is 12.0. The molecular weight excluding hydrogens is 366 g/mol. The van der Waals surface area contributed by atoms with Crippen molar-refractivity contribution in [1.82, 2.24) is 20.9 Å². The Balaban J connectivity index is 1.66. The molecule has 0 radical (unpaired) electrons. The Bertz CT molecular complexity index is 648. The highest BCUT2D eigenvalue weighted by molar-refractivity contribution is 6.30. The number of nitrogens with one attached hydrogen (secondary N) is 3. The standard InChI is InChI=1S/C19H28ClN5O2/c1-2-21-19(23-10-4-14-25-13-3-5-17(25)26)24-12-11-22-18(27)15-6-8-16(20)9-7-15/h6-9H,2-5,10-14H2,1H3,(H,22,27)(H2,21,23,24). The summed E-state index contributed by atoms with van der Waals surface area (Å²) in [6.45, 7) is 6.09. The highest BCUT2D eigenvalue weighted by Gasteiger charge is 2.18. The van der Waals surface area contributed by atoms with Gasteiger partial charge in [0.15, 0.2) is 5.96 Å². The van der Waals surface area contributed by atoms with Gasteiger partial charge in [0.1, 0.15) is 0 Å². The fourth-order valence-corrected chi connectivity index (χ4v) is 2.92. The lowest BCUT2D eigenvalue weighted by Crippen LogP contribution is -2.41. The second-order valence-electron chi connectivity index (χ2n) is 6.29. The molecule has 27 heavy (non-hydrogen) atoms. The molecule has 0 aliphatic carbocycles. The fourth-order valence-electron chi connectivity index (χ4n) is 2.79. The molecule has 0 atom stereocenters. The van der Waals surface area contributed by atoms with Gasteiger partial charge in [-0.25, -0.2) is 0 Å². The van der Waals surface area contributed by atoms with Gasteiger partial charge in [-0.1, -0.05) is 11.6 Å². The average molecular weight is 394 g/mol. The van der Waals surface area contributed by atoms with E-state index in [1.165, 1.54) is 0 Å². The summed E-state index contributed by atoms with van der Waals surface area (Å²) in [4.78, 5) is 30.0. The molecule has 3 N–H and O–H groups in total. The number of aliphatic imine (C=N–C) groups is 1. The Morgan fingerprint density at radius 1 is 1.19 bits per heavy atom. The van der Waals surface area contributed by atoms with Crippen molar-refractivity contribution in [1.29, 1.82) is 0 Å². The van der Waals surface area contributed by atoms with Crippen LogP contribution in [0, 0.1) is 0 Å². The van der Waals surface area contributed by atoms with Crippen LogP contribution >= 0.6 is 11.6 Å². The van der Waals surface area contributed by atoms with Crippen molar-refractivity contribution >= 4 is 29.4 Å². The molecule has 0 spiro atoms. The Hall–Kier alpha value is -2.28. The van der Waals surface area contributed by atoms with E-state index in [0.717, 1.165) is 32.5 Å². The van der Waals surface area contributed by atoms with Gasteiger partial charge < -0.3 is 20.9 Å². The number of halogens is 1. The van der Waals surface area contributed by atoms with Gasteiger partial charge >= 0.3 is 0 Å². The molecule has 2 rings (SSSR count). The van der Waals surface area contributed by atoms with Crippen LogP contribution in [0.15, 0.2) is 29.3 Å². The number of rotatable bonds is 9. The quantitative estimate of drug-likeness (QED) is 0.338. The van der Waals surface area contributed by atoms with E-state index in [1.54, 1.807) is 24.3 Å². The zero-order valence-electron chi connectivity index (χ0n) is 15.8. The summed E-state index contributed by atoms with van der Waals surface area (Å²) in [6.07, 6.45) is 2.48. The third kappa shape index (κ3) is 7.46. The lowest BCUT2D eigenvalue weighted by Gasteiger charge is -2.15. The molecule has 1 aromatic rings. The summed E-state index contributed by atoms with van der Waals surface area (Å²) < 4.78 is 0. The third-order valence-corrected chi connectivity index (χ3v) is 4.43. The predicted molar refractivity (Wildman–Crippen MR) is 108 cm³/mol. The van der Waals surface area contributed by atoms with Gasteiger partial charge in [0.25, 0.3) is 5.91 Å². The molecule has 1 aliphatic heterocycles. The van der Waals surface area contributed by atoms with Crippen LogP contribution in [0.4, 0.5) is 0 Å². The second kappa shape index (κ2) is 11.4. The van der Waals surface area contributed by atoms with Gasteiger partial charge in [0.05, 0.1) is 0 Å². The van der Waals surface area contributed by atoms with Gasteiger partial charge in [0, 0.05) is 56.3 Å². The smallest absolute Gasteiger partial charge is 0.251 e. The van der Waals surface area contributed by atoms with E-state index in [1.807, 2.05) is 11.8 Å². The zero-order valence-corrected chi connectivity index (χ0v) is 16.5. The molecule has 1 saturated heterocycles. The Morgan fingerprint density at radius 3 is 2.59 bits per heavy atom. The highest BCUT2D eigenvalue weighted by Crippen LogP contribution is 2.10. The number of carbonyl (C=O) groups is 2. The van der Waals surface area contributed by atoms with E-state index in [9.17, 15) is 9.59 Å². The maximum absolute atomic E-state index is 12.0. The number of carbonyl (C=O) groups excluding carboxylic acids is 2. The number of guanidine groups is 1. The molecule has 8 heteroatoms. The van der Waals surface area contributed by atoms with Crippen LogP contribution in [0.1, 0.15) is 36.5 Å². The minimum atomic E-state index is -0.134. The van der Waals surface area contributed by atoms with Gasteiger partial charge in [-0.3, -0.25) is 14.6 Å². The monoisotopic (exact) mass is 393 g/mol. The highest BCUT2D eigenvalue weighted by atomic mass is 35.5. The van der Waals surface area contributed by atoms with E-state index in [2.05, 4.69) is 20.9 Å². The minimum Gasteiger partial charge on any atom is -0.357 e. The predicted octanol–water partition coefficient (Wildman–Crippen LogP) is 1.64. The average Bonchev–Trinajstić information content (AvgIpc) is 3.07. The molecule has 1 heterocycles. The largest absolute Gasteiger partial charge is 0.357 e. The van der Waals surface area contributed by atoms with Crippen LogP contribution in [0.2, 0.25) is 5.02 Å². The van der Waals surface area contributed by atoms with Crippen molar-refractivity contribution in [3.63, 3.8) is 0 Å². The van der Waals surface area contributed by atoms with E-state index in [4.69, 9.17) is 11.6 Å². The van der Waals surface area contributed by atoms with Gasteiger partial charge in [-0.05, 0) is 44.0 Å². The van der Waals surface area contributed by atoms with Crippen LogP contribution in [0.3, 0.4) is 0 Å². The molecule has 0 bridgehead atoms. The summed E-state index contributed by atoms with van der Waals surface area (Å²) in [5.41, 5.74) is 0.580. The lowest BCUT2D eigenvalue weighted by atomic mass is 10.2. The first-order chi connectivity index (χ1) is 13.1. The number of benzene rings is 1. The second-order valence-corrected chi connectivity index (χ2v) is 6.72. The molecule has 1 fully saturated rings. The molecule has 2 amide bonds. The Labute approximate surface area is 165 Å². The van der Waals surface area contributed by atoms with Gasteiger partial charge in [-0.15, -0.1) is 0 Å². The summed E-state index contributed by atoms with van der Waals surface area (Å²) in [6, 6.07) is 6.78. The molecule has 1 aliphatic rings. The number of hydrogen-bond donors (Lipinski definition) is 3. The SMILES string of the molecule is CCNC(=NCCCN1CCCC1=O)NCCNC(=O)c1ccc(Cl)cc1. The summed E-state index contributed by atoms with van der Waals surface area (Å²) >= 11 is 5.82. The Kier molecular flexibility index (Phi) is 8.91. The Morgan fingerprint density at radius 2 is 1.93 bits per heavy atom. The summed E-state index contributed by atoms with van der Waals surface area (Å²) in [5, 5.41) is 9.83. The first kappa shape index (κ1) is 21.0. The van der Waals surface area contributed by atoms with Crippen molar-refractivity contribution in [3.8, 4) is 0 Å². The topological polar surface area (TPSA) is 85.8 Å². The van der Waals surface area contributed by atoms with Gasteiger partial charge in [0.2, 0.25) is 5.91 Å². The number of likely N-dealkylation sites (tertiary alicyclic amines) is 1. The van der Waals surface area contributed by atoms with Crippen molar-refractivity contribution in [2.45, 2.75) is 26.2 Å². The first-order valence-electron chi connectivity index (χ1n) is 9.44. The van der Waals surface area contributed by atoms with Crippen molar-refractivity contribution in [2.24, 2.45) is 4.99 Å². The van der Waals surface area contributed by atoms with Crippen LogP contribution in [-0.4, -0.2) is 61.9 Å². The fraction of sp³-hybridized carbons (Fsp3) is 0.526. The molecule has 0 aromatic heterocycles. The zero-order chi connectivity index (χ0) is 19.5. The number of hydrogen-bond acceptors (Lipinski definition) is 3. The van der Waals surface area contributed by atoms with E-state index in [-0.39, 0.29) is 11.8 Å². The van der Waals surface area contributed by atoms with Crippen LogP contribution < -0.4 is 16.0 Å². The molecule has 0 unspecified atom stereocenters. The van der Waals surface area contributed by atoms with E-state index < -0.39 is 0 Å². The van der Waals surface area contributed by atoms with Crippen LogP contribution in [-0.2, 0) is 4.79 Å². The first-order valence-corrected chi connectivity index (χ1v) is 9.81. The number of nitrogens with zero attached hydrogens (tertiary/aromatic N) is 2. The van der Waals surface area contributed by atoms with Crippen molar-refractivity contribution in [2.75, 3.05) is 39.3 Å². The van der Waals surface area contributed by atoms with Gasteiger partial charge in [-0.2, -0.15) is 0 Å². The maximum Gasteiger partial charge on any atom is 0.251 e. The summed E-state index contributed by atoms with van der Waals surface area (Å²) in [7, 11) is 0. The molecule has 148 valence electrons. The molecule has 1 aromatic carbocycles. The molecule has 7 nitrogen and oxygen atoms in total. The van der Waals surface area contributed by atoms with E-state index in [0.29, 0.717) is 42.6 Å². The molecule has 0 saturated carbocycles. The molecular formula is C19H28ClN5O2. The minimum absolute atomic E-state index is 0.134. The number of amides is 2. The van der Waals surface area contributed by atoms with E-state index >= 15 is 0 Å². The lowest BCUT2D eigenvalue weighted by molar-refractivity contribution is -0.127. The normalized spacial score (nSPS) is 14.4. The van der Waals surface area contributed by atoms with Crippen LogP contribution in [0.5, 0.6) is 0 Å². The van der Waals surface area contributed by atoms with Crippen molar-refractivity contribution < 1.29 is 9.59 Å². The van der Waals surface area contributed by atoms with Crippen molar-refractivity contribution in [3.05, 3.63) is 34.9 Å². The van der Waals surface area contributed by atoms with Crippen LogP contribution in [0.25, 0.3) is 0 Å². The summed E-state index contributed by atoms with van der Waals surface area (Å²) in [5.74, 6) is 0.831.